The molecule has 208 valence electrons. The van der Waals surface area contributed by atoms with Crippen molar-refractivity contribution >= 4 is 43.5 Å². The van der Waals surface area contributed by atoms with Gasteiger partial charge in [-0.2, -0.15) is 0 Å². The Bertz CT molecular complexity index is 1350. The maximum atomic E-state index is 14.0. The van der Waals surface area contributed by atoms with Crippen LogP contribution in [0.1, 0.15) is 37.0 Å². The summed E-state index contributed by atoms with van der Waals surface area (Å²) in [5.74, 6) is -0.741. The minimum absolute atomic E-state index is 0.141. The number of carbonyl (C=O) groups excluding carboxylic acids is 2. The lowest BCUT2D eigenvalue weighted by atomic mass is 10.0. The summed E-state index contributed by atoms with van der Waals surface area (Å²) in [4.78, 5) is 29.0. The molecular formula is C30H36BrN3O4S. The average molecular weight is 615 g/mol. The van der Waals surface area contributed by atoms with Crippen LogP contribution in [-0.4, -0.2) is 50.5 Å². The van der Waals surface area contributed by atoms with Crippen molar-refractivity contribution in [1.82, 2.24) is 10.2 Å². The van der Waals surface area contributed by atoms with Crippen LogP contribution < -0.4 is 9.62 Å². The van der Waals surface area contributed by atoms with E-state index in [1.807, 2.05) is 80.6 Å². The van der Waals surface area contributed by atoms with E-state index >= 15 is 0 Å². The average Bonchev–Trinajstić information content (AvgIpc) is 2.92. The molecule has 0 spiro atoms. The molecule has 3 aromatic carbocycles. The van der Waals surface area contributed by atoms with Crippen LogP contribution in [0.2, 0.25) is 0 Å². The van der Waals surface area contributed by atoms with Gasteiger partial charge in [0.05, 0.1) is 11.9 Å². The number of amides is 2. The number of nitrogens with one attached hydrogen (secondary N) is 1. The van der Waals surface area contributed by atoms with E-state index in [2.05, 4.69) is 21.2 Å². The van der Waals surface area contributed by atoms with Crippen molar-refractivity contribution in [3.63, 3.8) is 0 Å². The molecule has 3 aromatic rings. The number of aryl methyl sites for hydroxylation is 1. The molecule has 0 saturated heterocycles. The molecule has 0 fully saturated rings. The van der Waals surface area contributed by atoms with E-state index < -0.39 is 28.5 Å². The first-order valence-corrected chi connectivity index (χ1v) is 15.7. The third-order valence-electron chi connectivity index (χ3n) is 6.37. The molecule has 2 amide bonds. The molecule has 0 unspecified atom stereocenters. The molecule has 3 rings (SSSR count). The summed E-state index contributed by atoms with van der Waals surface area (Å²) >= 11 is 3.48. The standard InChI is InChI=1S/C30H36BrN3O4S/c1-4-18-32-30(36)28(20-24-10-7-6-8-11-24)33(21-25-12-9-13-26(31)19-25)29(35)22-34(39(3,37)38)27-16-14-23(5-2)15-17-27/h6-17,19,28H,4-5,18,20-22H2,1-3H3,(H,32,36)/t28-/m1/s1. The van der Waals surface area contributed by atoms with Crippen LogP contribution in [0.5, 0.6) is 0 Å². The van der Waals surface area contributed by atoms with Crippen LogP contribution in [0.3, 0.4) is 0 Å². The Morgan fingerprint density at radius 2 is 1.56 bits per heavy atom. The maximum absolute atomic E-state index is 14.0. The predicted octanol–water partition coefficient (Wildman–Crippen LogP) is 4.94. The number of benzene rings is 3. The van der Waals surface area contributed by atoms with Gasteiger partial charge in [0, 0.05) is 24.0 Å². The second-order valence-corrected chi connectivity index (χ2v) is 12.3. The Morgan fingerprint density at radius 1 is 0.897 bits per heavy atom. The quantitative estimate of drug-likeness (QED) is 0.296. The molecule has 0 aliphatic rings. The fourth-order valence-corrected chi connectivity index (χ4v) is 5.56. The highest BCUT2D eigenvalue weighted by Gasteiger charge is 2.33. The molecule has 9 heteroatoms. The number of rotatable bonds is 13. The Labute approximate surface area is 240 Å². The van der Waals surface area contributed by atoms with Crippen LogP contribution in [0.25, 0.3) is 0 Å². The summed E-state index contributed by atoms with van der Waals surface area (Å²) in [5.41, 5.74) is 3.18. The molecular weight excluding hydrogens is 578 g/mol. The molecule has 1 N–H and O–H groups in total. The summed E-state index contributed by atoms with van der Waals surface area (Å²) in [6.45, 7) is 4.17. The SMILES string of the molecule is CCCNC(=O)[C@@H](Cc1ccccc1)N(Cc1cccc(Br)c1)C(=O)CN(c1ccc(CC)cc1)S(C)(=O)=O. The summed E-state index contributed by atoms with van der Waals surface area (Å²) in [7, 11) is -3.79. The fourth-order valence-electron chi connectivity index (χ4n) is 4.26. The van der Waals surface area contributed by atoms with Gasteiger partial charge in [0.1, 0.15) is 12.6 Å². The molecule has 0 saturated carbocycles. The summed E-state index contributed by atoms with van der Waals surface area (Å²) in [6.07, 6.45) is 2.94. The van der Waals surface area contributed by atoms with E-state index in [4.69, 9.17) is 0 Å². The zero-order chi connectivity index (χ0) is 28.4. The highest BCUT2D eigenvalue weighted by Crippen LogP contribution is 2.22. The zero-order valence-electron chi connectivity index (χ0n) is 22.6. The Hall–Kier alpha value is -3.17. The summed E-state index contributed by atoms with van der Waals surface area (Å²) < 4.78 is 27.7. The first-order chi connectivity index (χ1) is 18.6. The maximum Gasteiger partial charge on any atom is 0.244 e. The van der Waals surface area contributed by atoms with E-state index in [-0.39, 0.29) is 12.5 Å². The fraction of sp³-hybridized carbons (Fsp3) is 0.333. The van der Waals surface area contributed by atoms with Gasteiger partial charge < -0.3 is 10.2 Å². The summed E-state index contributed by atoms with van der Waals surface area (Å²) in [6, 6.07) is 23.3. The molecule has 1 atom stereocenters. The number of hydrogen-bond donors (Lipinski definition) is 1. The highest BCUT2D eigenvalue weighted by atomic mass is 79.9. The molecule has 7 nitrogen and oxygen atoms in total. The first kappa shape index (κ1) is 30.4. The van der Waals surface area contributed by atoms with E-state index in [1.165, 1.54) is 4.90 Å². The van der Waals surface area contributed by atoms with E-state index in [1.54, 1.807) is 12.1 Å². The number of anilines is 1. The van der Waals surface area contributed by atoms with Crippen molar-refractivity contribution in [2.45, 2.75) is 45.7 Å². The van der Waals surface area contributed by atoms with Gasteiger partial charge in [-0.05, 0) is 53.8 Å². The van der Waals surface area contributed by atoms with Gasteiger partial charge in [0.2, 0.25) is 21.8 Å². The minimum Gasteiger partial charge on any atom is -0.354 e. The second-order valence-electron chi connectivity index (χ2n) is 9.44. The van der Waals surface area contributed by atoms with Crippen LogP contribution in [0, 0.1) is 0 Å². The smallest absolute Gasteiger partial charge is 0.244 e. The molecule has 0 radical (unpaired) electrons. The number of halogens is 1. The number of sulfonamides is 1. The Morgan fingerprint density at radius 3 is 2.15 bits per heavy atom. The van der Waals surface area contributed by atoms with E-state index in [9.17, 15) is 18.0 Å². The number of nitrogens with zero attached hydrogens (tertiary/aromatic N) is 2. The Balaban J connectivity index is 2.03. The molecule has 0 aliphatic heterocycles. The normalized spacial score (nSPS) is 12.0. The predicted molar refractivity (Wildman–Crippen MR) is 160 cm³/mol. The largest absolute Gasteiger partial charge is 0.354 e. The monoisotopic (exact) mass is 613 g/mol. The lowest BCUT2D eigenvalue weighted by Gasteiger charge is -2.33. The van der Waals surface area contributed by atoms with Crippen molar-refractivity contribution < 1.29 is 18.0 Å². The molecule has 0 aromatic heterocycles. The Kier molecular flexibility index (Phi) is 11.1. The molecule has 39 heavy (non-hydrogen) atoms. The van der Waals surface area contributed by atoms with Gasteiger partial charge in [0.25, 0.3) is 0 Å². The lowest BCUT2D eigenvalue weighted by molar-refractivity contribution is -0.140. The molecule has 0 aliphatic carbocycles. The summed E-state index contributed by atoms with van der Waals surface area (Å²) in [5, 5.41) is 2.94. The van der Waals surface area contributed by atoms with Crippen molar-refractivity contribution in [2.75, 3.05) is 23.7 Å². The van der Waals surface area contributed by atoms with Gasteiger partial charge in [0.15, 0.2) is 0 Å². The number of hydrogen-bond acceptors (Lipinski definition) is 4. The minimum atomic E-state index is -3.79. The topological polar surface area (TPSA) is 86.8 Å². The van der Waals surface area contributed by atoms with Crippen molar-refractivity contribution in [3.05, 3.63) is 100 Å². The lowest BCUT2D eigenvalue weighted by Crippen LogP contribution is -2.53. The zero-order valence-corrected chi connectivity index (χ0v) is 25.0. The third kappa shape index (κ3) is 8.93. The van der Waals surface area contributed by atoms with E-state index in [0.717, 1.165) is 44.6 Å². The molecule has 0 heterocycles. The van der Waals surface area contributed by atoms with Crippen LogP contribution in [0.4, 0.5) is 5.69 Å². The van der Waals surface area contributed by atoms with Crippen LogP contribution in [0.15, 0.2) is 83.3 Å². The van der Waals surface area contributed by atoms with Gasteiger partial charge in [-0.3, -0.25) is 13.9 Å². The van der Waals surface area contributed by atoms with Gasteiger partial charge in [-0.15, -0.1) is 0 Å². The first-order valence-electron chi connectivity index (χ1n) is 13.0. The van der Waals surface area contributed by atoms with Crippen LogP contribution in [-0.2, 0) is 39.0 Å². The van der Waals surface area contributed by atoms with Crippen LogP contribution >= 0.6 is 15.9 Å². The van der Waals surface area contributed by atoms with Gasteiger partial charge >= 0.3 is 0 Å². The van der Waals surface area contributed by atoms with E-state index in [0.29, 0.717) is 18.7 Å². The number of carbonyl (C=O) groups is 2. The van der Waals surface area contributed by atoms with Crippen molar-refractivity contribution in [2.24, 2.45) is 0 Å². The van der Waals surface area contributed by atoms with Gasteiger partial charge in [-0.1, -0.05) is 84.4 Å². The third-order valence-corrected chi connectivity index (χ3v) is 8.01. The highest BCUT2D eigenvalue weighted by molar-refractivity contribution is 9.10. The second kappa shape index (κ2) is 14.3. The van der Waals surface area contributed by atoms with Gasteiger partial charge in [-0.25, -0.2) is 8.42 Å². The molecule has 0 bridgehead atoms. The van der Waals surface area contributed by atoms with Crippen molar-refractivity contribution in [3.8, 4) is 0 Å². The van der Waals surface area contributed by atoms with Crippen molar-refractivity contribution in [1.29, 1.82) is 0 Å².